The molecule has 1 atom stereocenters. The minimum absolute atomic E-state index is 0.485. The normalized spacial score (nSPS) is 20.4. The van der Waals surface area contributed by atoms with Gasteiger partial charge in [-0.05, 0) is 14.1 Å². The Morgan fingerprint density at radius 2 is 2.32 bits per heavy atom. The zero-order valence-corrected chi connectivity index (χ0v) is 11.9. The van der Waals surface area contributed by atoms with Crippen LogP contribution in [0, 0.1) is 5.92 Å². The van der Waals surface area contributed by atoms with Crippen LogP contribution in [0.4, 0.5) is 5.82 Å². The van der Waals surface area contributed by atoms with Crippen molar-refractivity contribution in [2.75, 3.05) is 59.0 Å². The maximum absolute atomic E-state index is 5.67. The van der Waals surface area contributed by atoms with Gasteiger partial charge in [0.25, 0.3) is 0 Å². The van der Waals surface area contributed by atoms with Gasteiger partial charge in [0.1, 0.15) is 12.1 Å². The molecule has 1 fully saturated rings. The van der Waals surface area contributed by atoms with Crippen LogP contribution in [0.15, 0.2) is 12.4 Å². The van der Waals surface area contributed by atoms with Crippen molar-refractivity contribution in [1.82, 2.24) is 14.9 Å². The molecule has 0 aromatic carbocycles. The van der Waals surface area contributed by atoms with Gasteiger partial charge >= 0.3 is 0 Å². The second kappa shape index (κ2) is 6.68. The molecule has 0 aliphatic carbocycles. The average molecular weight is 266 g/mol. The number of ether oxygens (including phenoxy) is 2. The van der Waals surface area contributed by atoms with E-state index in [2.05, 4.69) is 33.9 Å². The summed E-state index contributed by atoms with van der Waals surface area (Å²) < 4.78 is 10.8. The summed E-state index contributed by atoms with van der Waals surface area (Å²) in [5.41, 5.74) is 0. The summed E-state index contributed by atoms with van der Waals surface area (Å²) in [5, 5.41) is 0. The van der Waals surface area contributed by atoms with Crippen LogP contribution < -0.4 is 9.64 Å². The third-order valence-corrected chi connectivity index (χ3v) is 3.12. The Kier molecular flexibility index (Phi) is 4.93. The largest absolute Gasteiger partial charge is 0.481 e. The molecule has 0 radical (unpaired) electrons. The molecule has 0 spiro atoms. The molecule has 2 heterocycles. The zero-order chi connectivity index (χ0) is 13.7. The fraction of sp³-hybridized carbons (Fsp3) is 0.692. The highest BCUT2D eigenvalue weighted by molar-refractivity contribution is 5.41. The number of hydrogen-bond donors (Lipinski definition) is 0. The molecule has 0 N–H and O–H groups in total. The molecule has 0 unspecified atom stereocenters. The molecule has 1 aliphatic rings. The summed E-state index contributed by atoms with van der Waals surface area (Å²) in [7, 11) is 5.79. The molecule has 1 aromatic rings. The predicted molar refractivity (Wildman–Crippen MR) is 73.7 cm³/mol. The Labute approximate surface area is 114 Å². The zero-order valence-electron chi connectivity index (χ0n) is 11.9. The van der Waals surface area contributed by atoms with Crippen molar-refractivity contribution >= 4 is 5.82 Å². The Morgan fingerprint density at radius 1 is 1.47 bits per heavy atom. The lowest BCUT2D eigenvalue weighted by Gasteiger charge is -2.26. The molecule has 1 aromatic heterocycles. The Balaban J connectivity index is 2.08. The van der Waals surface area contributed by atoms with Gasteiger partial charge in [0.05, 0.1) is 20.3 Å². The van der Waals surface area contributed by atoms with E-state index in [1.54, 1.807) is 13.4 Å². The molecule has 6 nitrogen and oxygen atoms in total. The Bertz CT molecular complexity index is 400. The first kappa shape index (κ1) is 14.0. The second-order valence-corrected chi connectivity index (χ2v) is 5.07. The van der Waals surface area contributed by atoms with Crippen molar-refractivity contribution in [2.45, 2.75) is 0 Å². The summed E-state index contributed by atoms with van der Waals surface area (Å²) in [4.78, 5) is 12.8. The number of hydrogen-bond acceptors (Lipinski definition) is 6. The van der Waals surface area contributed by atoms with E-state index in [4.69, 9.17) is 9.47 Å². The summed E-state index contributed by atoms with van der Waals surface area (Å²) in [6.45, 7) is 4.34. The van der Waals surface area contributed by atoms with Crippen LogP contribution in [0.1, 0.15) is 0 Å². The number of rotatable bonds is 4. The summed E-state index contributed by atoms with van der Waals surface area (Å²) in [6, 6.07) is 1.87. The summed E-state index contributed by atoms with van der Waals surface area (Å²) in [5.74, 6) is 1.99. The lowest BCUT2D eigenvalue weighted by Crippen LogP contribution is -2.35. The highest BCUT2D eigenvalue weighted by Crippen LogP contribution is 2.18. The van der Waals surface area contributed by atoms with Crippen molar-refractivity contribution in [2.24, 2.45) is 5.92 Å². The topological polar surface area (TPSA) is 50.7 Å². The molecular weight excluding hydrogens is 244 g/mol. The van der Waals surface area contributed by atoms with Crippen LogP contribution >= 0.6 is 0 Å². The molecule has 1 aliphatic heterocycles. The predicted octanol–water partition coefficient (Wildman–Crippen LogP) is 0.500. The fourth-order valence-electron chi connectivity index (χ4n) is 2.33. The summed E-state index contributed by atoms with van der Waals surface area (Å²) in [6.07, 6.45) is 1.54. The molecule has 106 valence electrons. The van der Waals surface area contributed by atoms with Gasteiger partial charge in [-0.15, -0.1) is 0 Å². The van der Waals surface area contributed by atoms with E-state index in [0.717, 1.165) is 38.7 Å². The monoisotopic (exact) mass is 266 g/mol. The first-order valence-corrected chi connectivity index (χ1v) is 6.52. The van der Waals surface area contributed by atoms with E-state index in [0.29, 0.717) is 11.8 Å². The maximum Gasteiger partial charge on any atom is 0.218 e. The van der Waals surface area contributed by atoms with E-state index in [1.165, 1.54) is 0 Å². The Morgan fingerprint density at radius 3 is 3.05 bits per heavy atom. The minimum Gasteiger partial charge on any atom is -0.481 e. The fourth-order valence-corrected chi connectivity index (χ4v) is 2.33. The first-order chi connectivity index (χ1) is 9.19. The van der Waals surface area contributed by atoms with Crippen LogP contribution in [0.3, 0.4) is 0 Å². The quantitative estimate of drug-likeness (QED) is 0.791. The van der Waals surface area contributed by atoms with Crippen molar-refractivity contribution in [3.8, 4) is 5.88 Å². The highest BCUT2D eigenvalue weighted by atomic mass is 16.5. The van der Waals surface area contributed by atoms with E-state index in [-0.39, 0.29) is 0 Å². The van der Waals surface area contributed by atoms with Gasteiger partial charge in [-0.3, -0.25) is 0 Å². The van der Waals surface area contributed by atoms with Gasteiger partial charge < -0.3 is 19.3 Å². The van der Waals surface area contributed by atoms with Crippen molar-refractivity contribution in [1.29, 1.82) is 0 Å². The number of aromatic nitrogens is 2. The van der Waals surface area contributed by atoms with E-state index in [9.17, 15) is 0 Å². The molecule has 0 bridgehead atoms. The van der Waals surface area contributed by atoms with Gasteiger partial charge in [-0.25, -0.2) is 9.97 Å². The molecule has 0 saturated carbocycles. The van der Waals surface area contributed by atoms with Gasteiger partial charge in [-0.2, -0.15) is 0 Å². The molecule has 1 saturated heterocycles. The molecule has 19 heavy (non-hydrogen) atoms. The second-order valence-electron chi connectivity index (χ2n) is 5.07. The van der Waals surface area contributed by atoms with Crippen LogP contribution in [0.25, 0.3) is 0 Å². The van der Waals surface area contributed by atoms with Crippen LogP contribution in [0.5, 0.6) is 5.88 Å². The summed E-state index contributed by atoms with van der Waals surface area (Å²) >= 11 is 0. The van der Waals surface area contributed by atoms with E-state index >= 15 is 0 Å². The maximum atomic E-state index is 5.67. The van der Waals surface area contributed by atoms with Crippen LogP contribution in [0.2, 0.25) is 0 Å². The van der Waals surface area contributed by atoms with Gasteiger partial charge in [-0.1, -0.05) is 0 Å². The highest BCUT2D eigenvalue weighted by Gasteiger charge is 2.20. The molecule has 6 heteroatoms. The minimum atomic E-state index is 0.485. The van der Waals surface area contributed by atoms with Gasteiger partial charge in [0, 0.05) is 31.6 Å². The van der Waals surface area contributed by atoms with Gasteiger partial charge in [0.2, 0.25) is 5.88 Å². The van der Waals surface area contributed by atoms with Crippen molar-refractivity contribution in [3.05, 3.63) is 12.4 Å². The van der Waals surface area contributed by atoms with Crippen LogP contribution in [-0.4, -0.2) is 68.9 Å². The van der Waals surface area contributed by atoms with E-state index < -0.39 is 0 Å². The SMILES string of the molecule is COc1cc(N2CCOC[C@@H](CN(C)C)C2)ncn1. The third-order valence-electron chi connectivity index (χ3n) is 3.12. The third kappa shape index (κ3) is 4.04. The number of nitrogens with zero attached hydrogens (tertiary/aromatic N) is 4. The first-order valence-electron chi connectivity index (χ1n) is 6.52. The van der Waals surface area contributed by atoms with Crippen LogP contribution in [-0.2, 0) is 4.74 Å². The lowest BCUT2D eigenvalue weighted by atomic mass is 10.1. The molecule has 2 rings (SSSR count). The smallest absolute Gasteiger partial charge is 0.218 e. The van der Waals surface area contributed by atoms with Gasteiger partial charge in [0.15, 0.2) is 0 Å². The average Bonchev–Trinajstić information content (AvgIpc) is 2.64. The van der Waals surface area contributed by atoms with E-state index in [1.807, 2.05) is 6.07 Å². The molecular formula is C13H22N4O2. The number of anilines is 1. The standard InChI is InChI=1S/C13H22N4O2/c1-16(2)7-11-8-17(4-5-19-9-11)12-6-13(18-3)15-10-14-12/h6,10-11H,4-5,7-9H2,1-3H3/t11-/m0/s1. The van der Waals surface area contributed by atoms with Crippen molar-refractivity contribution in [3.63, 3.8) is 0 Å². The number of methoxy groups -OCH3 is 1. The lowest BCUT2D eigenvalue weighted by molar-refractivity contribution is 0.113. The molecule has 0 amide bonds. The Hall–Kier alpha value is -1.40. The van der Waals surface area contributed by atoms with Crippen molar-refractivity contribution < 1.29 is 9.47 Å².